The number of ether oxygens (including phenoxy) is 1. The Hall–Kier alpha value is -2.40. The predicted octanol–water partition coefficient (Wildman–Crippen LogP) is 2.10. The minimum absolute atomic E-state index is 0.0718. The Labute approximate surface area is 162 Å². The van der Waals surface area contributed by atoms with Gasteiger partial charge in [-0.3, -0.25) is 14.4 Å². The number of nitrogens with zero attached hydrogens (tertiary/aromatic N) is 2. The lowest BCUT2D eigenvalue weighted by Gasteiger charge is -2.31. The minimum atomic E-state index is -0.821. The van der Waals surface area contributed by atoms with E-state index in [-0.39, 0.29) is 5.91 Å². The molecule has 2 fully saturated rings. The van der Waals surface area contributed by atoms with Gasteiger partial charge in [0.2, 0.25) is 0 Å². The Balaban J connectivity index is 1.48. The molecular weight excluding hydrogens is 366 g/mol. The van der Waals surface area contributed by atoms with Crippen molar-refractivity contribution in [2.45, 2.75) is 44.1 Å². The van der Waals surface area contributed by atoms with Gasteiger partial charge in [0.25, 0.3) is 11.8 Å². The van der Waals surface area contributed by atoms with E-state index in [2.05, 4.69) is 11.4 Å². The quantitative estimate of drug-likeness (QED) is 0.778. The first-order valence-electron chi connectivity index (χ1n) is 9.25. The molecule has 7 nitrogen and oxygen atoms in total. The topological polar surface area (TPSA) is 99.5 Å². The van der Waals surface area contributed by atoms with Crippen molar-refractivity contribution in [1.29, 1.82) is 5.26 Å². The maximum atomic E-state index is 12.4. The van der Waals surface area contributed by atoms with Crippen LogP contribution in [0.5, 0.6) is 0 Å². The Bertz CT molecular complexity index is 735. The number of esters is 1. The second-order valence-electron chi connectivity index (χ2n) is 7.12. The van der Waals surface area contributed by atoms with E-state index in [9.17, 15) is 19.6 Å². The van der Waals surface area contributed by atoms with Gasteiger partial charge in [-0.2, -0.15) is 5.26 Å². The summed E-state index contributed by atoms with van der Waals surface area (Å²) in [6.45, 7) is 0.530. The fourth-order valence-corrected chi connectivity index (χ4v) is 4.40. The second kappa shape index (κ2) is 8.53. The summed E-state index contributed by atoms with van der Waals surface area (Å²) >= 11 is 1.38. The maximum absolute atomic E-state index is 12.4. The van der Waals surface area contributed by atoms with Crippen molar-refractivity contribution in [3.63, 3.8) is 0 Å². The molecule has 0 spiro atoms. The molecule has 0 radical (unpaired) electrons. The van der Waals surface area contributed by atoms with Gasteiger partial charge in [-0.25, -0.2) is 0 Å². The summed E-state index contributed by atoms with van der Waals surface area (Å²) in [5, 5.41) is 13.8. The molecule has 1 aliphatic heterocycles. The zero-order valence-corrected chi connectivity index (χ0v) is 15.9. The molecule has 1 aromatic rings. The first kappa shape index (κ1) is 19.4. The molecule has 0 bridgehead atoms. The fraction of sp³-hybridized carbons (Fsp3) is 0.579. The average Bonchev–Trinajstić information content (AvgIpc) is 3.38. The molecular formula is C19H23N3O4S. The molecule has 1 atom stereocenters. The molecule has 1 aromatic heterocycles. The summed E-state index contributed by atoms with van der Waals surface area (Å²) in [5.74, 6) is -1.41. The van der Waals surface area contributed by atoms with Gasteiger partial charge in [-0.15, -0.1) is 11.3 Å². The van der Waals surface area contributed by atoms with Crippen LogP contribution in [0.4, 0.5) is 0 Å². The number of rotatable bonds is 5. The summed E-state index contributed by atoms with van der Waals surface area (Å²) in [6, 6.07) is 5.77. The summed E-state index contributed by atoms with van der Waals surface area (Å²) < 4.78 is 5.17. The highest BCUT2D eigenvalue weighted by Crippen LogP contribution is 2.28. The van der Waals surface area contributed by atoms with Crippen LogP contribution in [0.15, 0.2) is 17.5 Å². The Morgan fingerprint density at radius 1 is 1.33 bits per heavy atom. The molecule has 1 saturated heterocycles. The van der Waals surface area contributed by atoms with Crippen molar-refractivity contribution in [3.8, 4) is 6.07 Å². The number of hydrogen-bond acceptors (Lipinski definition) is 6. The first-order chi connectivity index (χ1) is 13.0. The van der Waals surface area contributed by atoms with Gasteiger partial charge in [0.1, 0.15) is 5.54 Å². The zero-order chi connectivity index (χ0) is 19.3. The van der Waals surface area contributed by atoms with Crippen molar-refractivity contribution >= 4 is 29.1 Å². The number of nitrogens with one attached hydrogen (secondary N) is 1. The number of nitriles is 1. The third kappa shape index (κ3) is 4.66. The van der Waals surface area contributed by atoms with Gasteiger partial charge in [0.05, 0.1) is 16.9 Å². The van der Waals surface area contributed by atoms with Crippen molar-refractivity contribution in [1.82, 2.24) is 10.2 Å². The number of likely N-dealkylation sites (tertiary alicyclic amines) is 1. The van der Waals surface area contributed by atoms with E-state index in [1.807, 2.05) is 11.4 Å². The van der Waals surface area contributed by atoms with Gasteiger partial charge in [0, 0.05) is 13.1 Å². The van der Waals surface area contributed by atoms with Crippen molar-refractivity contribution in [2.24, 2.45) is 5.92 Å². The van der Waals surface area contributed by atoms with E-state index < -0.39 is 29.9 Å². The van der Waals surface area contributed by atoms with Crippen LogP contribution in [0.3, 0.4) is 0 Å². The molecule has 3 rings (SSSR count). The van der Waals surface area contributed by atoms with E-state index in [0.717, 1.165) is 19.3 Å². The molecule has 1 unspecified atom stereocenters. The van der Waals surface area contributed by atoms with Crippen LogP contribution in [0, 0.1) is 17.2 Å². The third-order valence-corrected chi connectivity index (χ3v) is 6.03. The summed E-state index contributed by atoms with van der Waals surface area (Å²) in [7, 11) is 0. The fourth-order valence-electron chi connectivity index (χ4n) is 3.71. The Morgan fingerprint density at radius 3 is 2.78 bits per heavy atom. The van der Waals surface area contributed by atoms with Gasteiger partial charge < -0.3 is 15.0 Å². The Morgan fingerprint density at radius 2 is 2.11 bits per heavy atom. The molecule has 8 heteroatoms. The predicted molar refractivity (Wildman–Crippen MR) is 98.9 cm³/mol. The lowest BCUT2D eigenvalue weighted by Crippen LogP contribution is -2.47. The highest BCUT2D eigenvalue weighted by Gasteiger charge is 2.36. The van der Waals surface area contributed by atoms with E-state index >= 15 is 0 Å². The molecule has 2 amide bonds. The minimum Gasteiger partial charge on any atom is -0.455 e. The van der Waals surface area contributed by atoms with Crippen molar-refractivity contribution in [2.75, 3.05) is 19.7 Å². The molecule has 27 heavy (non-hydrogen) atoms. The summed E-state index contributed by atoms with van der Waals surface area (Å²) in [4.78, 5) is 39.2. The molecule has 1 aliphatic carbocycles. The standard InChI is InChI=1S/C19H23N3O4S/c20-13-19(7-1-2-8-19)21-16(23)12-26-18(25)14-5-3-9-22(11-14)17(24)15-6-4-10-27-15/h4,6,10,14H,1-3,5,7-9,11-12H2,(H,21,23). The smallest absolute Gasteiger partial charge is 0.311 e. The molecule has 2 heterocycles. The lowest BCUT2D eigenvalue weighted by molar-refractivity contribution is -0.154. The monoisotopic (exact) mass is 389 g/mol. The van der Waals surface area contributed by atoms with Gasteiger partial charge >= 0.3 is 5.97 Å². The van der Waals surface area contributed by atoms with Crippen LogP contribution >= 0.6 is 11.3 Å². The number of hydrogen-bond donors (Lipinski definition) is 1. The van der Waals surface area contributed by atoms with Gasteiger partial charge in [-0.05, 0) is 50.0 Å². The summed E-state index contributed by atoms with van der Waals surface area (Å²) in [6.07, 6.45) is 4.43. The number of carbonyl (C=O) groups is 3. The van der Waals surface area contributed by atoms with Crippen LogP contribution in [0.1, 0.15) is 48.2 Å². The lowest BCUT2D eigenvalue weighted by atomic mass is 9.98. The normalized spacial score (nSPS) is 21.3. The van der Waals surface area contributed by atoms with Crippen LogP contribution in [-0.2, 0) is 14.3 Å². The molecule has 1 saturated carbocycles. The molecule has 1 N–H and O–H groups in total. The Kier molecular flexibility index (Phi) is 6.11. The van der Waals surface area contributed by atoms with E-state index in [1.54, 1.807) is 11.0 Å². The van der Waals surface area contributed by atoms with Gasteiger partial charge in [-0.1, -0.05) is 6.07 Å². The zero-order valence-electron chi connectivity index (χ0n) is 15.1. The van der Waals surface area contributed by atoms with Crippen molar-refractivity contribution in [3.05, 3.63) is 22.4 Å². The second-order valence-corrected chi connectivity index (χ2v) is 8.07. The van der Waals surface area contributed by atoms with Crippen LogP contribution in [-0.4, -0.2) is 47.9 Å². The highest BCUT2D eigenvalue weighted by atomic mass is 32.1. The highest BCUT2D eigenvalue weighted by molar-refractivity contribution is 7.12. The van der Waals surface area contributed by atoms with Crippen LogP contribution < -0.4 is 5.32 Å². The molecule has 2 aliphatic rings. The number of piperidine rings is 1. The number of thiophene rings is 1. The number of amides is 2. The SMILES string of the molecule is N#CC1(NC(=O)COC(=O)C2CCCN(C(=O)c3cccs3)C2)CCCC1. The molecule has 144 valence electrons. The van der Waals surface area contributed by atoms with Gasteiger partial charge in [0.15, 0.2) is 6.61 Å². The summed E-state index contributed by atoms with van der Waals surface area (Å²) in [5.41, 5.74) is -0.821. The third-order valence-electron chi connectivity index (χ3n) is 5.17. The van der Waals surface area contributed by atoms with E-state index in [0.29, 0.717) is 37.2 Å². The maximum Gasteiger partial charge on any atom is 0.311 e. The molecule has 0 aromatic carbocycles. The van der Waals surface area contributed by atoms with E-state index in [4.69, 9.17) is 4.74 Å². The van der Waals surface area contributed by atoms with Crippen molar-refractivity contribution < 1.29 is 19.1 Å². The van der Waals surface area contributed by atoms with E-state index in [1.165, 1.54) is 11.3 Å². The first-order valence-corrected chi connectivity index (χ1v) is 10.1. The number of carbonyl (C=O) groups excluding carboxylic acids is 3. The largest absolute Gasteiger partial charge is 0.455 e. The average molecular weight is 389 g/mol. The van der Waals surface area contributed by atoms with Crippen LogP contribution in [0.2, 0.25) is 0 Å². The van der Waals surface area contributed by atoms with Crippen LogP contribution in [0.25, 0.3) is 0 Å².